The second-order valence-corrected chi connectivity index (χ2v) is 4.09. The van der Waals surface area contributed by atoms with E-state index in [-0.39, 0.29) is 0 Å². The quantitative estimate of drug-likeness (QED) is 0.765. The lowest BCUT2D eigenvalue weighted by atomic mass is 10.1. The molecule has 1 aromatic rings. The highest BCUT2D eigenvalue weighted by Gasteiger charge is 2.13. The van der Waals surface area contributed by atoms with Crippen LogP contribution in [0.2, 0.25) is 0 Å². The van der Waals surface area contributed by atoms with Crippen LogP contribution < -0.4 is 10.6 Å². The largest absolute Gasteiger partial charge is 0.366 e. The van der Waals surface area contributed by atoms with Crippen LogP contribution >= 0.6 is 0 Å². The number of hydrogen-bond acceptors (Lipinski definition) is 4. The van der Waals surface area contributed by atoms with Gasteiger partial charge in [-0.25, -0.2) is 4.98 Å². The molecule has 0 bridgehead atoms. The SMILES string of the molecule is Cc1ncc(NC2CCNCC2)nc1C. The number of hydrogen-bond donors (Lipinski definition) is 2. The first-order chi connectivity index (χ1) is 7.25. The molecule has 15 heavy (non-hydrogen) atoms. The van der Waals surface area contributed by atoms with Crippen LogP contribution in [0, 0.1) is 13.8 Å². The van der Waals surface area contributed by atoms with Gasteiger partial charge < -0.3 is 10.6 Å². The van der Waals surface area contributed by atoms with Crippen molar-refractivity contribution in [1.29, 1.82) is 0 Å². The average Bonchev–Trinajstić information content (AvgIpc) is 2.25. The fourth-order valence-corrected chi connectivity index (χ4v) is 1.79. The van der Waals surface area contributed by atoms with Gasteiger partial charge in [-0.1, -0.05) is 0 Å². The van der Waals surface area contributed by atoms with Crippen molar-refractivity contribution >= 4 is 5.82 Å². The van der Waals surface area contributed by atoms with Crippen LogP contribution in [0.5, 0.6) is 0 Å². The molecule has 0 unspecified atom stereocenters. The summed E-state index contributed by atoms with van der Waals surface area (Å²) in [4.78, 5) is 8.78. The number of piperidine rings is 1. The summed E-state index contributed by atoms with van der Waals surface area (Å²) in [6.07, 6.45) is 4.15. The Morgan fingerprint density at radius 2 is 2.00 bits per heavy atom. The molecule has 0 aromatic carbocycles. The Kier molecular flexibility index (Phi) is 3.16. The van der Waals surface area contributed by atoms with Gasteiger partial charge in [0, 0.05) is 6.04 Å². The molecule has 0 aliphatic carbocycles. The summed E-state index contributed by atoms with van der Waals surface area (Å²) in [5, 5.41) is 6.78. The van der Waals surface area contributed by atoms with Crippen molar-refractivity contribution in [3.05, 3.63) is 17.6 Å². The molecule has 2 N–H and O–H groups in total. The van der Waals surface area contributed by atoms with Gasteiger partial charge in [-0.05, 0) is 39.8 Å². The molecule has 1 aromatic heterocycles. The summed E-state index contributed by atoms with van der Waals surface area (Å²) in [6.45, 7) is 6.17. The zero-order chi connectivity index (χ0) is 10.7. The number of aryl methyl sites for hydroxylation is 2. The van der Waals surface area contributed by atoms with E-state index in [1.807, 2.05) is 20.0 Å². The van der Waals surface area contributed by atoms with E-state index in [9.17, 15) is 0 Å². The van der Waals surface area contributed by atoms with Crippen LogP contribution in [0.3, 0.4) is 0 Å². The molecule has 4 heteroatoms. The molecule has 1 fully saturated rings. The number of nitrogens with zero attached hydrogens (tertiary/aromatic N) is 2. The third-order valence-corrected chi connectivity index (χ3v) is 2.88. The smallest absolute Gasteiger partial charge is 0.145 e. The normalized spacial score (nSPS) is 17.7. The molecule has 82 valence electrons. The lowest BCUT2D eigenvalue weighted by Gasteiger charge is -2.24. The molecule has 0 atom stereocenters. The van der Waals surface area contributed by atoms with E-state index >= 15 is 0 Å². The summed E-state index contributed by atoms with van der Waals surface area (Å²) in [5.41, 5.74) is 2.01. The lowest BCUT2D eigenvalue weighted by molar-refractivity contribution is 0.478. The van der Waals surface area contributed by atoms with Crippen LogP contribution in [0.25, 0.3) is 0 Å². The van der Waals surface area contributed by atoms with Crippen molar-refractivity contribution in [3.8, 4) is 0 Å². The zero-order valence-electron chi connectivity index (χ0n) is 9.38. The monoisotopic (exact) mass is 206 g/mol. The highest BCUT2D eigenvalue weighted by atomic mass is 15.1. The second kappa shape index (κ2) is 4.57. The summed E-state index contributed by atoms with van der Waals surface area (Å²) >= 11 is 0. The fourth-order valence-electron chi connectivity index (χ4n) is 1.79. The fraction of sp³-hybridized carbons (Fsp3) is 0.636. The summed E-state index contributed by atoms with van der Waals surface area (Å²) in [5.74, 6) is 0.907. The Balaban J connectivity index is 2.00. The van der Waals surface area contributed by atoms with Crippen LogP contribution in [0.15, 0.2) is 6.20 Å². The molecule has 1 saturated heterocycles. The first-order valence-corrected chi connectivity index (χ1v) is 5.53. The number of rotatable bonds is 2. The predicted molar refractivity (Wildman–Crippen MR) is 61.0 cm³/mol. The maximum atomic E-state index is 4.47. The number of aromatic nitrogens is 2. The molecule has 0 spiro atoms. The first kappa shape index (κ1) is 10.4. The van der Waals surface area contributed by atoms with Gasteiger partial charge in [0.05, 0.1) is 17.6 Å². The molecular weight excluding hydrogens is 188 g/mol. The minimum absolute atomic E-state index is 0.544. The third kappa shape index (κ3) is 2.65. The van der Waals surface area contributed by atoms with Gasteiger partial charge in [0.15, 0.2) is 0 Å². The Hall–Kier alpha value is -1.16. The minimum atomic E-state index is 0.544. The molecule has 0 amide bonds. The van der Waals surface area contributed by atoms with Crippen molar-refractivity contribution < 1.29 is 0 Å². The van der Waals surface area contributed by atoms with E-state index in [0.717, 1.165) is 43.1 Å². The lowest BCUT2D eigenvalue weighted by Crippen LogP contribution is -2.35. The first-order valence-electron chi connectivity index (χ1n) is 5.53. The standard InChI is InChI=1S/C11H18N4/c1-8-9(2)14-11(7-13-8)15-10-3-5-12-6-4-10/h7,10,12H,3-6H2,1-2H3,(H,14,15). The van der Waals surface area contributed by atoms with Gasteiger partial charge >= 0.3 is 0 Å². The van der Waals surface area contributed by atoms with E-state index in [2.05, 4.69) is 20.6 Å². The molecule has 0 radical (unpaired) electrons. The Bertz CT molecular complexity index is 331. The Morgan fingerprint density at radius 3 is 2.67 bits per heavy atom. The van der Waals surface area contributed by atoms with Crippen molar-refractivity contribution in [3.63, 3.8) is 0 Å². The maximum Gasteiger partial charge on any atom is 0.145 e. The molecule has 1 aliphatic heterocycles. The molecule has 1 aliphatic rings. The summed E-state index contributed by atoms with van der Waals surface area (Å²) in [7, 11) is 0. The highest BCUT2D eigenvalue weighted by molar-refractivity contribution is 5.34. The van der Waals surface area contributed by atoms with Crippen LogP contribution in [0.1, 0.15) is 24.2 Å². The van der Waals surface area contributed by atoms with E-state index in [4.69, 9.17) is 0 Å². The second-order valence-electron chi connectivity index (χ2n) is 4.09. The zero-order valence-corrected chi connectivity index (χ0v) is 9.38. The van der Waals surface area contributed by atoms with Crippen molar-refractivity contribution in [1.82, 2.24) is 15.3 Å². The Labute approximate surface area is 90.5 Å². The van der Waals surface area contributed by atoms with E-state index < -0.39 is 0 Å². The van der Waals surface area contributed by atoms with Crippen molar-refractivity contribution in [2.45, 2.75) is 32.7 Å². The average molecular weight is 206 g/mol. The van der Waals surface area contributed by atoms with Gasteiger partial charge in [-0.2, -0.15) is 0 Å². The predicted octanol–water partition coefficient (Wildman–Crippen LogP) is 1.26. The molecule has 2 rings (SSSR count). The summed E-state index contributed by atoms with van der Waals surface area (Å²) < 4.78 is 0. The molecule has 2 heterocycles. The summed E-state index contributed by atoms with van der Waals surface area (Å²) in [6, 6.07) is 0.544. The van der Waals surface area contributed by atoms with Crippen molar-refractivity contribution in [2.24, 2.45) is 0 Å². The van der Waals surface area contributed by atoms with E-state index in [1.165, 1.54) is 0 Å². The van der Waals surface area contributed by atoms with Crippen molar-refractivity contribution in [2.75, 3.05) is 18.4 Å². The number of nitrogens with one attached hydrogen (secondary N) is 2. The van der Waals surface area contributed by atoms with Gasteiger partial charge in [-0.15, -0.1) is 0 Å². The molecular formula is C11H18N4. The Morgan fingerprint density at radius 1 is 1.27 bits per heavy atom. The van der Waals surface area contributed by atoms with Crippen LogP contribution in [-0.4, -0.2) is 29.1 Å². The van der Waals surface area contributed by atoms with Gasteiger partial charge in [0.1, 0.15) is 5.82 Å². The number of anilines is 1. The van der Waals surface area contributed by atoms with E-state index in [1.54, 1.807) is 0 Å². The minimum Gasteiger partial charge on any atom is -0.366 e. The topological polar surface area (TPSA) is 49.8 Å². The van der Waals surface area contributed by atoms with Gasteiger partial charge in [0.25, 0.3) is 0 Å². The highest BCUT2D eigenvalue weighted by Crippen LogP contribution is 2.11. The van der Waals surface area contributed by atoms with Crippen LogP contribution in [-0.2, 0) is 0 Å². The van der Waals surface area contributed by atoms with Gasteiger partial charge in [-0.3, -0.25) is 4.98 Å². The molecule has 4 nitrogen and oxygen atoms in total. The molecule has 0 saturated carbocycles. The van der Waals surface area contributed by atoms with Crippen LogP contribution in [0.4, 0.5) is 5.82 Å². The maximum absolute atomic E-state index is 4.47. The third-order valence-electron chi connectivity index (χ3n) is 2.88. The van der Waals surface area contributed by atoms with E-state index in [0.29, 0.717) is 6.04 Å². The van der Waals surface area contributed by atoms with Gasteiger partial charge in [0.2, 0.25) is 0 Å².